The summed E-state index contributed by atoms with van der Waals surface area (Å²) in [6, 6.07) is 3.43. The van der Waals surface area contributed by atoms with Gasteiger partial charge in [-0.2, -0.15) is 13.2 Å². The van der Waals surface area contributed by atoms with Gasteiger partial charge >= 0.3 is 18.1 Å². The Morgan fingerprint density at radius 2 is 2.03 bits per heavy atom. The van der Waals surface area contributed by atoms with E-state index in [0.29, 0.717) is 31.9 Å². The number of hydrogen-bond acceptors (Lipinski definition) is 5. The van der Waals surface area contributed by atoms with Crippen LogP contribution in [0, 0.1) is 5.82 Å². The van der Waals surface area contributed by atoms with Gasteiger partial charge in [0.2, 0.25) is 5.89 Å². The quantitative estimate of drug-likeness (QED) is 0.507. The number of allylic oxidation sites excluding steroid dienone is 4. The lowest BCUT2D eigenvalue weighted by molar-refractivity contribution is -0.156. The Kier molecular flexibility index (Phi) is 7.64. The number of alkyl halides is 3. The van der Waals surface area contributed by atoms with E-state index in [1.165, 1.54) is 23.1 Å². The number of aromatic nitrogens is 2. The lowest BCUT2D eigenvalue weighted by Crippen LogP contribution is -2.51. The fourth-order valence-electron chi connectivity index (χ4n) is 3.19. The predicted molar refractivity (Wildman–Crippen MR) is 113 cm³/mol. The Balaban J connectivity index is 1.89. The summed E-state index contributed by atoms with van der Waals surface area (Å²) in [4.78, 5) is 16.3. The maximum Gasteiger partial charge on any atom is 0.470 e. The van der Waals surface area contributed by atoms with E-state index in [0.717, 1.165) is 6.07 Å². The van der Waals surface area contributed by atoms with E-state index in [2.05, 4.69) is 26.5 Å². The number of hydrogen-bond donors (Lipinski definition) is 1. The van der Waals surface area contributed by atoms with Crippen LogP contribution in [-0.4, -0.2) is 52.2 Å². The van der Waals surface area contributed by atoms with Crippen LogP contribution in [0.15, 0.2) is 59.2 Å². The molecule has 1 aliphatic rings. The molecule has 2 amide bonds. The second-order valence-electron chi connectivity index (χ2n) is 7.14. The number of piperazine rings is 1. The smallest absolute Gasteiger partial charge is 0.413 e. The van der Waals surface area contributed by atoms with Crippen LogP contribution in [0.5, 0.6) is 0 Å². The molecule has 33 heavy (non-hydrogen) atoms. The molecule has 1 saturated heterocycles. The summed E-state index contributed by atoms with van der Waals surface area (Å²) < 4.78 is 57.6. The molecule has 1 aliphatic heterocycles. The maximum atomic E-state index is 14.9. The molecule has 3 rings (SSSR count). The highest BCUT2D eigenvalue weighted by atomic mass is 19.4. The first-order valence-corrected chi connectivity index (χ1v) is 10.2. The van der Waals surface area contributed by atoms with Gasteiger partial charge < -0.3 is 14.6 Å². The van der Waals surface area contributed by atoms with Crippen molar-refractivity contribution in [2.75, 3.05) is 26.2 Å². The zero-order valence-corrected chi connectivity index (χ0v) is 17.9. The zero-order chi connectivity index (χ0) is 24.0. The summed E-state index contributed by atoms with van der Waals surface area (Å²) in [5.74, 6) is -2.70. The van der Waals surface area contributed by atoms with Crippen LogP contribution in [-0.2, 0) is 12.7 Å². The summed E-state index contributed by atoms with van der Waals surface area (Å²) in [5, 5.41) is 9.46. The van der Waals surface area contributed by atoms with E-state index in [9.17, 15) is 22.4 Å². The monoisotopic (exact) mass is 465 g/mol. The predicted octanol–water partition coefficient (Wildman–Crippen LogP) is 4.37. The first kappa shape index (κ1) is 24.2. The minimum atomic E-state index is -4.80. The lowest BCUT2D eigenvalue weighted by Gasteiger charge is -2.34. The molecule has 176 valence electrons. The Labute approximate surface area is 188 Å². The van der Waals surface area contributed by atoms with Gasteiger partial charge in [-0.25, -0.2) is 9.18 Å². The Morgan fingerprint density at radius 1 is 1.30 bits per heavy atom. The summed E-state index contributed by atoms with van der Waals surface area (Å²) >= 11 is 0. The van der Waals surface area contributed by atoms with Crippen LogP contribution in [0.25, 0.3) is 11.5 Å². The standard InChI is InChI=1S/C22H23F4N5O2/c1-3-5-6-17(4-2)31(21(32)30-11-9-27-10-12-30)14-16-8-7-15(13-18(16)23)19-28-29-20(33-19)22(24,25)26/h3-8,13,27H,2,9-12,14H2,1H3/b5-3-,17-6+. The first-order valence-electron chi connectivity index (χ1n) is 10.2. The average molecular weight is 465 g/mol. The normalized spacial score (nSPS) is 15.2. The number of nitrogens with one attached hydrogen (secondary N) is 1. The molecule has 0 aliphatic carbocycles. The van der Waals surface area contributed by atoms with E-state index in [1.54, 1.807) is 23.1 Å². The van der Waals surface area contributed by atoms with Gasteiger partial charge in [0, 0.05) is 43.0 Å². The van der Waals surface area contributed by atoms with E-state index >= 15 is 0 Å². The third-order valence-electron chi connectivity index (χ3n) is 4.89. The molecule has 0 radical (unpaired) electrons. The molecule has 0 saturated carbocycles. The number of carbonyl (C=O) groups excluding carboxylic acids is 1. The molecular formula is C22H23F4N5O2. The largest absolute Gasteiger partial charge is 0.470 e. The SMILES string of the molecule is C=C/C(=C\C=C/C)N(Cc1ccc(-c2nnc(C(F)(F)F)o2)cc1F)C(=O)N1CCNCC1. The number of nitrogens with zero attached hydrogens (tertiary/aromatic N) is 4. The Morgan fingerprint density at radius 3 is 2.61 bits per heavy atom. The third-order valence-corrected chi connectivity index (χ3v) is 4.89. The van der Waals surface area contributed by atoms with Crippen LogP contribution < -0.4 is 5.32 Å². The number of amides is 2. The third kappa shape index (κ3) is 5.86. The summed E-state index contributed by atoms with van der Waals surface area (Å²) in [7, 11) is 0. The highest BCUT2D eigenvalue weighted by Gasteiger charge is 2.38. The van der Waals surface area contributed by atoms with Crippen LogP contribution in [0.2, 0.25) is 0 Å². The van der Waals surface area contributed by atoms with E-state index in [-0.39, 0.29) is 23.7 Å². The lowest BCUT2D eigenvalue weighted by atomic mass is 10.1. The van der Waals surface area contributed by atoms with Crippen LogP contribution in [0.1, 0.15) is 18.4 Å². The van der Waals surface area contributed by atoms with Gasteiger partial charge in [-0.3, -0.25) is 4.90 Å². The number of halogens is 4. The van der Waals surface area contributed by atoms with Gasteiger partial charge in [0.15, 0.2) is 0 Å². The highest BCUT2D eigenvalue weighted by Crippen LogP contribution is 2.31. The molecule has 0 unspecified atom stereocenters. The molecule has 11 heteroatoms. The van der Waals surface area contributed by atoms with E-state index < -0.39 is 23.8 Å². The van der Waals surface area contributed by atoms with Crippen LogP contribution >= 0.6 is 0 Å². The first-order chi connectivity index (χ1) is 15.7. The highest BCUT2D eigenvalue weighted by molar-refractivity contribution is 5.77. The summed E-state index contributed by atoms with van der Waals surface area (Å²) in [5.41, 5.74) is 0.630. The maximum absolute atomic E-state index is 14.9. The molecule has 1 aromatic carbocycles. The number of urea groups is 1. The van der Waals surface area contributed by atoms with Crippen molar-refractivity contribution in [3.05, 3.63) is 72.1 Å². The van der Waals surface area contributed by atoms with Crippen molar-refractivity contribution < 1.29 is 26.8 Å². The zero-order valence-electron chi connectivity index (χ0n) is 17.9. The van der Waals surface area contributed by atoms with Gasteiger partial charge in [0.1, 0.15) is 5.82 Å². The van der Waals surface area contributed by atoms with Gasteiger partial charge in [0.25, 0.3) is 0 Å². The molecule has 2 aromatic rings. The minimum absolute atomic E-state index is 0.00682. The molecule has 0 spiro atoms. The van der Waals surface area contributed by atoms with Crippen molar-refractivity contribution in [3.8, 4) is 11.5 Å². The van der Waals surface area contributed by atoms with Crippen molar-refractivity contribution in [2.45, 2.75) is 19.6 Å². The number of rotatable bonds is 6. The van der Waals surface area contributed by atoms with Crippen molar-refractivity contribution in [1.29, 1.82) is 0 Å². The van der Waals surface area contributed by atoms with E-state index in [4.69, 9.17) is 0 Å². The van der Waals surface area contributed by atoms with Crippen molar-refractivity contribution in [3.63, 3.8) is 0 Å². The molecule has 1 N–H and O–H groups in total. The fourth-order valence-corrected chi connectivity index (χ4v) is 3.19. The number of benzene rings is 1. The van der Waals surface area contributed by atoms with Crippen molar-refractivity contribution in [2.24, 2.45) is 0 Å². The summed E-state index contributed by atoms with van der Waals surface area (Å²) in [6.45, 7) is 7.77. The summed E-state index contributed by atoms with van der Waals surface area (Å²) in [6.07, 6.45) is 1.92. The average Bonchev–Trinajstić information content (AvgIpc) is 3.31. The molecular weight excluding hydrogens is 442 g/mol. The van der Waals surface area contributed by atoms with Crippen molar-refractivity contribution >= 4 is 6.03 Å². The molecule has 0 bridgehead atoms. The van der Waals surface area contributed by atoms with Crippen LogP contribution in [0.3, 0.4) is 0 Å². The van der Waals surface area contributed by atoms with Crippen molar-refractivity contribution in [1.82, 2.24) is 25.3 Å². The van der Waals surface area contributed by atoms with Gasteiger partial charge in [-0.1, -0.05) is 24.8 Å². The molecule has 2 heterocycles. The van der Waals surface area contributed by atoms with E-state index in [1.807, 2.05) is 6.92 Å². The Bertz CT molecular complexity index is 1060. The Hall–Kier alpha value is -3.47. The molecule has 1 aromatic heterocycles. The molecule has 7 nitrogen and oxygen atoms in total. The molecule has 0 atom stereocenters. The topological polar surface area (TPSA) is 74.5 Å². The fraction of sp³-hybridized carbons (Fsp3) is 0.318. The minimum Gasteiger partial charge on any atom is -0.413 e. The van der Waals surface area contributed by atoms with Gasteiger partial charge in [-0.05, 0) is 31.2 Å². The van der Waals surface area contributed by atoms with Gasteiger partial charge in [0.05, 0.1) is 6.54 Å². The second-order valence-corrected chi connectivity index (χ2v) is 7.14. The number of carbonyl (C=O) groups is 1. The molecule has 1 fully saturated rings. The van der Waals surface area contributed by atoms with Crippen LogP contribution in [0.4, 0.5) is 22.4 Å². The van der Waals surface area contributed by atoms with Gasteiger partial charge in [-0.15, -0.1) is 10.2 Å². The second kappa shape index (κ2) is 10.4.